The molecule has 0 bridgehead atoms. The van der Waals surface area contributed by atoms with Crippen molar-refractivity contribution in [3.05, 3.63) is 94.2 Å². The summed E-state index contributed by atoms with van der Waals surface area (Å²) < 4.78 is 0. The van der Waals surface area contributed by atoms with Crippen LogP contribution in [0.1, 0.15) is 29.5 Å². The van der Waals surface area contributed by atoms with Gasteiger partial charge in [0.25, 0.3) is 11.8 Å². The van der Waals surface area contributed by atoms with Crippen LogP contribution >= 0.6 is 11.6 Å². The van der Waals surface area contributed by atoms with Crippen LogP contribution in [0.2, 0.25) is 0 Å². The maximum atomic E-state index is 12.7. The molecule has 2 aliphatic rings. The second-order valence-electron chi connectivity index (χ2n) is 9.45. The van der Waals surface area contributed by atoms with E-state index in [9.17, 15) is 19.8 Å². The first-order chi connectivity index (χ1) is 17.9. The molecular formula is C29H34ClN3O4. The Morgan fingerprint density at radius 2 is 1.49 bits per heavy atom. The molecule has 2 atom stereocenters. The molecule has 2 amide bonds. The highest BCUT2D eigenvalue weighted by atomic mass is 35.5. The number of hydrogen-bond donors (Lipinski definition) is 3. The van der Waals surface area contributed by atoms with Gasteiger partial charge in [-0.15, -0.1) is 0 Å². The van der Waals surface area contributed by atoms with Crippen molar-refractivity contribution >= 4 is 23.4 Å². The zero-order valence-electron chi connectivity index (χ0n) is 20.9. The number of amides is 2. The number of rotatable bonds is 9. The highest BCUT2D eigenvalue weighted by Gasteiger charge is 2.34. The molecule has 0 saturated carbocycles. The fourth-order valence-electron chi connectivity index (χ4n) is 4.58. The molecule has 8 heteroatoms. The van der Waals surface area contributed by atoms with Crippen LogP contribution in [0.25, 0.3) is 0 Å². The molecule has 1 heterocycles. The van der Waals surface area contributed by atoms with Gasteiger partial charge in [0.05, 0.1) is 5.70 Å². The summed E-state index contributed by atoms with van der Waals surface area (Å²) in [6, 6.07) is 18.2. The van der Waals surface area contributed by atoms with Crippen molar-refractivity contribution in [3.8, 4) is 0 Å². The van der Waals surface area contributed by atoms with E-state index in [1.807, 2.05) is 48.5 Å². The summed E-state index contributed by atoms with van der Waals surface area (Å²) in [5, 5.41) is 24.1. The van der Waals surface area contributed by atoms with E-state index in [1.54, 1.807) is 0 Å². The first-order valence-corrected chi connectivity index (χ1v) is 13.1. The molecule has 1 aliphatic heterocycles. The number of allylic oxidation sites excluding steroid dienone is 3. The summed E-state index contributed by atoms with van der Waals surface area (Å²) in [6.45, 7) is 2.08. The summed E-state index contributed by atoms with van der Waals surface area (Å²) >= 11 is 6.35. The number of aryl methyl sites for hydroxylation is 2. The van der Waals surface area contributed by atoms with E-state index in [4.69, 9.17) is 11.6 Å². The summed E-state index contributed by atoms with van der Waals surface area (Å²) in [5.41, 5.74) is 4.32. The zero-order chi connectivity index (χ0) is 26.2. The average Bonchev–Trinajstić information content (AvgIpc) is 2.95. The van der Waals surface area contributed by atoms with Gasteiger partial charge in [0.1, 0.15) is 0 Å². The fraction of sp³-hybridized carbons (Fsp3) is 0.379. The summed E-state index contributed by atoms with van der Waals surface area (Å²) in [7, 11) is 0. The topological polar surface area (TPSA) is 93.1 Å². The van der Waals surface area contributed by atoms with Crippen LogP contribution in [0.3, 0.4) is 0 Å². The molecule has 7 nitrogen and oxygen atoms in total. The molecule has 4 rings (SSSR count). The lowest BCUT2D eigenvalue weighted by atomic mass is 10.0. The molecule has 37 heavy (non-hydrogen) atoms. The number of piperazine rings is 1. The van der Waals surface area contributed by atoms with Gasteiger partial charge in [-0.2, -0.15) is 0 Å². The molecule has 196 valence electrons. The molecule has 0 spiro atoms. The molecule has 1 fully saturated rings. The van der Waals surface area contributed by atoms with Gasteiger partial charge in [-0.3, -0.25) is 9.59 Å². The SMILES string of the molecule is O=C(NCc1ccc(CCc2ccccc2)cc1)[C@H](O)[C@@H](O)C(=O)N1CCN(C2=C(Cl)CCC=C2)CC1. The number of carbonyl (C=O) groups is 2. The van der Waals surface area contributed by atoms with Crippen LogP contribution in [0, 0.1) is 0 Å². The zero-order valence-corrected chi connectivity index (χ0v) is 21.6. The van der Waals surface area contributed by atoms with Crippen molar-refractivity contribution in [2.24, 2.45) is 0 Å². The molecule has 1 saturated heterocycles. The van der Waals surface area contributed by atoms with Crippen molar-refractivity contribution in [1.82, 2.24) is 15.1 Å². The van der Waals surface area contributed by atoms with Crippen LogP contribution in [-0.4, -0.2) is 70.2 Å². The molecular weight excluding hydrogens is 490 g/mol. The van der Waals surface area contributed by atoms with Gasteiger partial charge in [-0.25, -0.2) is 0 Å². The number of halogens is 1. The van der Waals surface area contributed by atoms with E-state index in [1.165, 1.54) is 16.0 Å². The second-order valence-corrected chi connectivity index (χ2v) is 9.91. The molecule has 0 unspecified atom stereocenters. The summed E-state index contributed by atoms with van der Waals surface area (Å²) in [6.07, 6.45) is 4.03. The lowest BCUT2D eigenvalue weighted by molar-refractivity contribution is -0.154. The Kier molecular flexibility index (Phi) is 9.39. The van der Waals surface area contributed by atoms with Crippen LogP contribution in [0.15, 0.2) is 77.5 Å². The first-order valence-electron chi connectivity index (χ1n) is 12.8. The Morgan fingerprint density at radius 3 is 2.14 bits per heavy atom. The van der Waals surface area contributed by atoms with Crippen molar-refractivity contribution < 1.29 is 19.8 Å². The Morgan fingerprint density at radius 1 is 0.865 bits per heavy atom. The fourth-order valence-corrected chi connectivity index (χ4v) is 4.88. The van der Waals surface area contributed by atoms with Crippen LogP contribution in [0.4, 0.5) is 0 Å². The summed E-state index contributed by atoms with van der Waals surface area (Å²) in [5.74, 6) is -1.43. The first kappa shape index (κ1) is 26.9. The summed E-state index contributed by atoms with van der Waals surface area (Å²) in [4.78, 5) is 28.8. The van der Waals surface area contributed by atoms with E-state index in [0.29, 0.717) is 26.2 Å². The van der Waals surface area contributed by atoms with Crippen LogP contribution in [0.5, 0.6) is 0 Å². The molecule has 1 aliphatic carbocycles. The van der Waals surface area contributed by atoms with E-state index in [0.717, 1.165) is 42.0 Å². The highest BCUT2D eigenvalue weighted by Crippen LogP contribution is 2.26. The smallest absolute Gasteiger partial charge is 0.254 e. The number of aliphatic hydroxyl groups excluding tert-OH is 2. The molecule has 3 N–H and O–H groups in total. The number of hydrogen-bond acceptors (Lipinski definition) is 5. The van der Waals surface area contributed by atoms with Gasteiger partial charge < -0.3 is 25.3 Å². The standard InChI is InChI=1S/C29H34ClN3O4/c30-24-8-4-5-9-25(24)32-16-18-33(19-17-32)29(37)27(35)26(34)28(36)31-20-23-14-12-22(13-15-23)11-10-21-6-2-1-3-7-21/h1-3,5-7,9,12-15,26-27,34-35H,4,8,10-11,16-20H2,(H,31,36)/t26-,27-/m1/s1. The van der Waals surface area contributed by atoms with Gasteiger partial charge in [-0.1, -0.05) is 72.3 Å². The van der Waals surface area contributed by atoms with Gasteiger partial charge >= 0.3 is 0 Å². The average molecular weight is 524 g/mol. The third kappa shape index (κ3) is 7.22. The van der Waals surface area contributed by atoms with E-state index in [2.05, 4.69) is 28.4 Å². The monoisotopic (exact) mass is 523 g/mol. The third-order valence-electron chi connectivity index (χ3n) is 6.87. The van der Waals surface area contributed by atoms with Gasteiger partial charge in [-0.05, 0) is 48.4 Å². The maximum absolute atomic E-state index is 12.7. The maximum Gasteiger partial charge on any atom is 0.254 e. The lowest BCUT2D eigenvalue weighted by Gasteiger charge is -2.38. The van der Waals surface area contributed by atoms with E-state index in [-0.39, 0.29) is 6.54 Å². The number of aliphatic hydroxyl groups is 2. The minimum Gasteiger partial charge on any atom is -0.380 e. The Labute approximate surface area is 223 Å². The van der Waals surface area contributed by atoms with Gasteiger partial charge in [0.2, 0.25) is 0 Å². The second kappa shape index (κ2) is 12.9. The Bertz CT molecular complexity index is 1130. The molecule has 0 radical (unpaired) electrons. The van der Waals surface area contributed by atoms with Gasteiger partial charge in [0, 0.05) is 37.8 Å². The van der Waals surface area contributed by atoms with Crippen LogP contribution < -0.4 is 5.32 Å². The predicted octanol–water partition coefficient (Wildman–Crippen LogP) is 2.75. The van der Waals surface area contributed by atoms with Crippen molar-refractivity contribution in [3.63, 3.8) is 0 Å². The number of nitrogens with zero attached hydrogens (tertiary/aromatic N) is 2. The third-order valence-corrected chi connectivity index (χ3v) is 7.25. The number of nitrogens with one attached hydrogen (secondary N) is 1. The lowest BCUT2D eigenvalue weighted by Crippen LogP contribution is -2.55. The molecule has 0 aromatic heterocycles. The quantitative estimate of drug-likeness (QED) is 0.470. The normalized spacial score (nSPS) is 17.5. The molecule has 2 aromatic rings. The van der Waals surface area contributed by atoms with Crippen molar-refractivity contribution in [1.29, 1.82) is 0 Å². The van der Waals surface area contributed by atoms with E-state index < -0.39 is 24.0 Å². The minimum absolute atomic E-state index is 0.192. The number of carbonyl (C=O) groups excluding carboxylic acids is 2. The number of benzene rings is 2. The Balaban J connectivity index is 1.21. The molecule has 2 aromatic carbocycles. The largest absolute Gasteiger partial charge is 0.380 e. The van der Waals surface area contributed by atoms with Gasteiger partial charge in [0.15, 0.2) is 12.2 Å². The minimum atomic E-state index is -1.84. The van der Waals surface area contributed by atoms with E-state index >= 15 is 0 Å². The van der Waals surface area contributed by atoms with Crippen LogP contribution in [-0.2, 0) is 29.0 Å². The van der Waals surface area contributed by atoms with Crippen molar-refractivity contribution in [2.45, 2.75) is 44.4 Å². The highest BCUT2D eigenvalue weighted by molar-refractivity contribution is 6.30. The predicted molar refractivity (Wildman–Crippen MR) is 144 cm³/mol. The van der Waals surface area contributed by atoms with Crippen molar-refractivity contribution in [2.75, 3.05) is 26.2 Å². The Hall–Kier alpha value is -3.13.